The Balaban J connectivity index is 1.11. The summed E-state index contributed by atoms with van der Waals surface area (Å²) in [6.07, 6.45) is 0.433. The van der Waals surface area contributed by atoms with Gasteiger partial charge < -0.3 is 4.90 Å². The number of aromatic nitrogens is 1. The average molecular weight is 472 g/mol. The van der Waals surface area contributed by atoms with Crippen molar-refractivity contribution in [3.63, 3.8) is 0 Å². The molecule has 1 aromatic heterocycles. The number of halogens is 1. The smallest absolute Gasteiger partial charge is 0.227 e. The van der Waals surface area contributed by atoms with E-state index >= 15 is 0 Å². The molecule has 3 aromatic carbocycles. The van der Waals surface area contributed by atoms with E-state index in [4.69, 9.17) is 4.98 Å². The molecule has 6 heteroatoms. The Morgan fingerprint density at radius 2 is 1.47 bits per heavy atom. The van der Waals surface area contributed by atoms with Gasteiger partial charge in [-0.1, -0.05) is 54.6 Å². The molecule has 0 bridgehead atoms. The summed E-state index contributed by atoms with van der Waals surface area (Å²) in [5, 5.41) is 3.06. The van der Waals surface area contributed by atoms with Gasteiger partial charge in [0.25, 0.3) is 0 Å². The number of nitrogens with zero attached hydrogens (tertiary/aromatic N) is 3. The number of thiazole rings is 1. The molecule has 0 atom stereocenters. The molecule has 0 radical (unpaired) electrons. The second-order valence-corrected chi connectivity index (χ2v) is 9.47. The highest BCUT2D eigenvalue weighted by atomic mass is 32.1. The predicted octanol–water partition coefficient (Wildman–Crippen LogP) is 5.50. The summed E-state index contributed by atoms with van der Waals surface area (Å²) in [5.41, 5.74) is 5.20. The van der Waals surface area contributed by atoms with E-state index in [0.717, 1.165) is 60.1 Å². The van der Waals surface area contributed by atoms with Crippen molar-refractivity contribution in [3.8, 4) is 22.4 Å². The monoisotopic (exact) mass is 471 g/mol. The lowest BCUT2D eigenvalue weighted by Gasteiger charge is -2.34. The third-order valence-corrected chi connectivity index (χ3v) is 7.03. The van der Waals surface area contributed by atoms with Crippen molar-refractivity contribution in [2.45, 2.75) is 13.0 Å². The molecular weight excluding hydrogens is 445 g/mol. The molecule has 1 aliphatic rings. The van der Waals surface area contributed by atoms with Gasteiger partial charge in [0.2, 0.25) is 5.91 Å². The quantitative estimate of drug-likeness (QED) is 0.372. The molecule has 5 rings (SSSR count). The molecule has 34 heavy (non-hydrogen) atoms. The zero-order valence-electron chi connectivity index (χ0n) is 18.9. The van der Waals surface area contributed by atoms with Gasteiger partial charge in [-0.15, -0.1) is 11.3 Å². The van der Waals surface area contributed by atoms with E-state index in [1.807, 2.05) is 28.5 Å². The minimum atomic E-state index is -0.240. The van der Waals surface area contributed by atoms with Crippen LogP contribution in [0.5, 0.6) is 0 Å². The first-order valence-electron chi connectivity index (χ1n) is 11.5. The van der Waals surface area contributed by atoms with Gasteiger partial charge in [-0.05, 0) is 41.0 Å². The van der Waals surface area contributed by atoms with Crippen molar-refractivity contribution in [1.82, 2.24) is 14.8 Å². The Labute approximate surface area is 203 Å². The summed E-state index contributed by atoms with van der Waals surface area (Å²) in [4.78, 5) is 21.9. The molecule has 1 amide bonds. The van der Waals surface area contributed by atoms with Gasteiger partial charge in [0.1, 0.15) is 10.8 Å². The first-order chi connectivity index (χ1) is 16.6. The normalized spacial score (nSPS) is 14.3. The van der Waals surface area contributed by atoms with Gasteiger partial charge >= 0.3 is 0 Å². The van der Waals surface area contributed by atoms with E-state index in [-0.39, 0.29) is 11.7 Å². The van der Waals surface area contributed by atoms with Gasteiger partial charge in [-0.25, -0.2) is 9.37 Å². The van der Waals surface area contributed by atoms with Crippen molar-refractivity contribution in [2.75, 3.05) is 26.2 Å². The molecule has 0 unspecified atom stereocenters. The topological polar surface area (TPSA) is 36.4 Å². The molecule has 0 N–H and O–H groups in total. The van der Waals surface area contributed by atoms with Crippen molar-refractivity contribution in [3.05, 3.63) is 101 Å². The fourth-order valence-corrected chi connectivity index (χ4v) is 5.06. The highest BCUT2D eigenvalue weighted by molar-refractivity contribution is 7.09. The maximum absolute atomic E-state index is 13.2. The Morgan fingerprint density at radius 3 is 2.18 bits per heavy atom. The van der Waals surface area contributed by atoms with Crippen LogP contribution < -0.4 is 0 Å². The van der Waals surface area contributed by atoms with Crippen LogP contribution in [0.25, 0.3) is 22.4 Å². The summed E-state index contributed by atoms with van der Waals surface area (Å²) < 4.78 is 13.2. The first kappa shape index (κ1) is 22.4. The Hall–Kier alpha value is -3.35. The number of carbonyl (C=O) groups excluding carboxylic acids is 1. The van der Waals surface area contributed by atoms with Crippen LogP contribution in [-0.2, 0) is 17.8 Å². The van der Waals surface area contributed by atoms with Crippen LogP contribution in [-0.4, -0.2) is 46.9 Å². The number of hydrogen-bond acceptors (Lipinski definition) is 4. The molecule has 4 aromatic rings. The van der Waals surface area contributed by atoms with Crippen LogP contribution in [0.1, 0.15) is 10.6 Å². The molecule has 0 aliphatic carbocycles. The molecule has 172 valence electrons. The van der Waals surface area contributed by atoms with E-state index in [2.05, 4.69) is 41.3 Å². The summed E-state index contributed by atoms with van der Waals surface area (Å²) in [5.74, 6) is -0.0595. The van der Waals surface area contributed by atoms with Gasteiger partial charge in [0.05, 0.1) is 18.7 Å². The molecule has 4 nitrogen and oxygen atoms in total. The summed E-state index contributed by atoms with van der Waals surface area (Å²) in [6.45, 7) is 3.91. The van der Waals surface area contributed by atoms with E-state index in [1.165, 1.54) is 17.7 Å². The number of rotatable bonds is 6. The fraction of sp³-hybridized carbons (Fsp3) is 0.214. The van der Waals surface area contributed by atoms with Gasteiger partial charge in [0, 0.05) is 37.1 Å². The summed E-state index contributed by atoms with van der Waals surface area (Å²) in [6, 6.07) is 25.0. The highest BCUT2D eigenvalue weighted by Gasteiger charge is 2.22. The van der Waals surface area contributed by atoms with Crippen molar-refractivity contribution in [2.24, 2.45) is 0 Å². The minimum Gasteiger partial charge on any atom is -0.340 e. The number of piperazine rings is 1. The molecule has 2 heterocycles. The summed E-state index contributed by atoms with van der Waals surface area (Å²) in [7, 11) is 0. The zero-order valence-corrected chi connectivity index (χ0v) is 19.7. The lowest BCUT2D eigenvalue weighted by atomic mass is 10.0. The lowest BCUT2D eigenvalue weighted by Crippen LogP contribution is -2.48. The molecule has 1 aliphatic heterocycles. The second kappa shape index (κ2) is 10.3. The molecule has 0 spiro atoms. The molecule has 0 saturated carbocycles. The Morgan fingerprint density at radius 1 is 0.824 bits per heavy atom. The average Bonchev–Trinajstić information content (AvgIpc) is 3.34. The SMILES string of the molecule is O=C(Cc1ccc(-c2ccccc2)cc1)N1CCN(Cc2nc(-c3ccc(F)cc3)cs2)CC1. The maximum Gasteiger partial charge on any atom is 0.227 e. The van der Waals surface area contributed by atoms with Gasteiger partial charge in [-0.3, -0.25) is 9.69 Å². The zero-order chi connectivity index (χ0) is 23.3. The summed E-state index contributed by atoms with van der Waals surface area (Å²) >= 11 is 1.62. The third kappa shape index (κ3) is 5.41. The van der Waals surface area contributed by atoms with Crippen LogP contribution in [0, 0.1) is 5.82 Å². The first-order valence-corrected chi connectivity index (χ1v) is 12.4. The number of benzene rings is 3. The van der Waals surface area contributed by atoms with E-state index in [1.54, 1.807) is 23.5 Å². The largest absolute Gasteiger partial charge is 0.340 e. The lowest BCUT2D eigenvalue weighted by molar-refractivity contribution is -0.132. The predicted molar refractivity (Wildman–Crippen MR) is 135 cm³/mol. The van der Waals surface area contributed by atoms with Crippen LogP contribution in [0.2, 0.25) is 0 Å². The second-order valence-electron chi connectivity index (χ2n) is 8.53. The van der Waals surface area contributed by atoms with Crippen LogP contribution in [0.4, 0.5) is 4.39 Å². The third-order valence-electron chi connectivity index (χ3n) is 6.19. The van der Waals surface area contributed by atoms with Crippen LogP contribution in [0.15, 0.2) is 84.2 Å². The van der Waals surface area contributed by atoms with Crippen LogP contribution >= 0.6 is 11.3 Å². The van der Waals surface area contributed by atoms with Crippen molar-refractivity contribution >= 4 is 17.2 Å². The van der Waals surface area contributed by atoms with Gasteiger partial charge in [-0.2, -0.15) is 0 Å². The number of carbonyl (C=O) groups is 1. The molecule has 1 fully saturated rings. The Bertz CT molecular complexity index is 1230. The Kier molecular flexibility index (Phi) is 6.79. The number of hydrogen-bond donors (Lipinski definition) is 0. The number of amides is 1. The van der Waals surface area contributed by atoms with Crippen molar-refractivity contribution < 1.29 is 9.18 Å². The molecule has 1 saturated heterocycles. The van der Waals surface area contributed by atoms with Crippen molar-refractivity contribution in [1.29, 1.82) is 0 Å². The highest BCUT2D eigenvalue weighted by Crippen LogP contribution is 2.24. The van der Waals surface area contributed by atoms with E-state index in [0.29, 0.717) is 6.42 Å². The molecular formula is C28H26FN3OS. The van der Waals surface area contributed by atoms with Crippen LogP contribution in [0.3, 0.4) is 0 Å². The standard InChI is InChI=1S/C28H26FN3OS/c29-25-12-10-24(11-13-25)26-20-34-27(30-26)19-31-14-16-32(17-15-31)28(33)18-21-6-8-23(9-7-21)22-4-2-1-3-5-22/h1-13,20H,14-19H2. The fourth-order valence-electron chi connectivity index (χ4n) is 4.22. The maximum atomic E-state index is 13.2. The van der Waals surface area contributed by atoms with E-state index < -0.39 is 0 Å². The van der Waals surface area contributed by atoms with Gasteiger partial charge in [0.15, 0.2) is 0 Å². The minimum absolute atomic E-state index is 0.181. The van der Waals surface area contributed by atoms with E-state index in [9.17, 15) is 9.18 Å².